The van der Waals surface area contributed by atoms with E-state index >= 15 is 0 Å². The third-order valence-electron chi connectivity index (χ3n) is 7.16. The lowest BCUT2D eigenvalue weighted by molar-refractivity contribution is -0.150. The van der Waals surface area contributed by atoms with Crippen molar-refractivity contribution in [3.8, 4) is 0 Å². The molecule has 210 valence electrons. The van der Waals surface area contributed by atoms with Crippen LogP contribution in [-0.2, 0) is 25.5 Å². The van der Waals surface area contributed by atoms with E-state index in [-0.39, 0.29) is 55.4 Å². The molecule has 0 radical (unpaired) electrons. The molecule has 7 heteroatoms. The predicted molar refractivity (Wildman–Crippen MR) is 150 cm³/mol. The maximum atomic E-state index is 13.3. The van der Waals surface area contributed by atoms with Crippen molar-refractivity contribution in [3.63, 3.8) is 0 Å². The van der Waals surface area contributed by atoms with Gasteiger partial charge in [-0.25, -0.2) is 0 Å². The number of rotatable bonds is 17. The Morgan fingerprint density at radius 1 is 1.03 bits per heavy atom. The second-order valence-corrected chi connectivity index (χ2v) is 10.6. The van der Waals surface area contributed by atoms with Crippen LogP contribution < -0.4 is 10.6 Å². The van der Waals surface area contributed by atoms with Gasteiger partial charge in [0, 0.05) is 12.5 Å². The molecule has 1 aliphatic carbocycles. The van der Waals surface area contributed by atoms with Gasteiger partial charge < -0.3 is 20.5 Å². The third kappa shape index (κ3) is 11.6. The Bertz CT molecular complexity index is 882. The molecule has 2 rings (SSSR count). The summed E-state index contributed by atoms with van der Waals surface area (Å²) in [6.07, 6.45) is 11.3. The smallest absolute Gasteiger partial charge is 0.309 e. The molecule has 4 atom stereocenters. The van der Waals surface area contributed by atoms with Crippen LogP contribution in [0.2, 0.25) is 0 Å². The number of ether oxygens (including phenoxy) is 1. The monoisotopic (exact) mass is 526 g/mol. The van der Waals surface area contributed by atoms with Crippen LogP contribution in [-0.4, -0.2) is 48.2 Å². The number of carbonyl (C=O) groups excluding carboxylic acids is 3. The van der Waals surface area contributed by atoms with Crippen molar-refractivity contribution in [1.29, 1.82) is 0 Å². The molecule has 0 aliphatic heterocycles. The Labute approximate surface area is 228 Å². The minimum atomic E-state index is -0.588. The number of hydrogen-bond acceptors (Lipinski definition) is 5. The number of allylic oxidation sites excluding steroid dienone is 2. The molecule has 0 saturated heterocycles. The van der Waals surface area contributed by atoms with E-state index in [1.165, 1.54) is 19.3 Å². The van der Waals surface area contributed by atoms with Gasteiger partial charge in [0.15, 0.2) is 0 Å². The highest BCUT2D eigenvalue weighted by Gasteiger charge is 2.28. The molecule has 1 fully saturated rings. The summed E-state index contributed by atoms with van der Waals surface area (Å²) >= 11 is 0. The van der Waals surface area contributed by atoms with Crippen molar-refractivity contribution >= 4 is 17.8 Å². The van der Waals surface area contributed by atoms with Crippen LogP contribution in [0.15, 0.2) is 55.6 Å². The first-order chi connectivity index (χ1) is 18.4. The van der Waals surface area contributed by atoms with Gasteiger partial charge in [-0.15, -0.1) is 13.2 Å². The van der Waals surface area contributed by atoms with E-state index in [9.17, 15) is 19.5 Å². The lowest BCUT2D eigenvalue weighted by Gasteiger charge is -2.28. The van der Waals surface area contributed by atoms with Crippen LogP contribution in [0.5, 0.6) is 0 Å². The van der Waals surface area contributed by atoms with Gasteiger partial charge in [-0.2, -0.15) is 0 Å². The van der Waals surface area contributed by atoms with Gasteiger partial charge in [-0.3, -0.25) is 14.4 Å². The van der Waals surface area contributed by atoms with Crippen LogP contribution in [0.4, 0.5) is 0 Å². The first-order valence-electron chi connectivity index (χ1n) is 14.0. The highest BCUT2D eigenvalue weighted by molar-refractivity contribution is 5.86. The van der Waals surface area contributed by atoms with Crippen LogP contribution in [0.3, 0.4) is 0 Å². The van der Waals surface area contributed by atoms with Crippen LogP contribution in [0.1, 0.15) is 70.3 Å². The molecule has 0 bridgehead atoms. The fraction of sp³-hybridized carbons (Fsp3) is 0.581. The topological polar surface area (TPSA) is 105 Å². The summed E-state index contributed by atoms with van der Waals surface area (Å²) in [6.45, 7) is 9.17. The van der Waals surface area contributed by atoms with Gasteiger partial charge in [-0.05, 0) is 44.1 Å². The number of esters is 1. The van der Waals surface area contributed by atoms with Gasteiger partial charge in [0.1, 0.15) is 6.61 Å². The number of carbonyl (C=O) groups is 3. The van der Waals surface area contributed by atoms with Gasteiger partial charge in [0.05, 0.1) is 24.5 Å². The zero-order valence-electron chi connectivity index (χ0n) is 22.9. The van der Waals surface area contributed by atoms with E-state index in [0.717, 1.165) is 24.8 Å². The van der Waals surface area contributed by atoms with Crippen molar-refractivity contribution in [2.45, 2.75) is 83.2 Å². The summed E-state index contributed by atoms with van der Waals surface area (Å²) in [6, 6.07) is 9.12. The Morgan fingerprint density at radius 2 is 1.68 bits per heavy atom. The van der Waals surface area contributed by atoms with Crippen molar-refractivity contribution < 1.29 is 24.2 Å². The summed E-state index contributed by atoms with van der Waals surface area (Å²) in [7, 11) is 0. The average molecular weight is 527 g/mol. The fourth-order valence-corrected chi connectivity index (χ4v) is 5.06. The third-order valence-corrected chi connectivity index (χ3v) is 7.16. The molecule has 1 aromatic rings. The molecule has 0 unspecified atom stereocenters. The molecule has 0 spiro atoms. The zero-order chi connectivity index (χ0) is 27.8. The van der Waals surface area contributed by atoms with Gasteiger partial charge in [0.2, 0.25) is 11.8 Å². The maximum absolute atomic E-state index is 13.3. The zero-order valence-corrected chi connectivity index (χ0v) is 22.9. The first kappa shape index (κ1) is 31.3. The van der Waals surface area contributed by atoms with E-state index in [4.69, 9.17) is 4.74 Å². The highest BCUT2D eigenvalue weighted by Crippen LogP contribution is 2.28. The van der Waals surface area contributed by atoms with Gasteiger partial charge in [0.25, 0.3) is 0 Å². The molecule has 2 amide bonds. The molecular weight excluding hydrogens is 480 g/mol. The molecule has 0 heterocycles. The molecule has 1 aromatic carbocycles. The second-order valence-electron chi connectivity index (χ2n) is 10.6. The largest absolute Gasteiger partial charge is 0.463 e. The Kier molecular flexibility index (Phi) is 14.5. The number of benzene rings is 1. The van der Waals surface area contributed by atoms with E-state index in [1.54, 1.807) is 19.1 Å². The lowest BCUT2D eigenvalue weighted by atomic mass is 9.84. The lowest BCUT2D eigenvalue weighted by Crippen LogP contribution is -2.45. The Balaban J connectivity index is 2.05. The molecule has 1 aliphatic rings. The van der Waals surface area contributed by atoms with Crippen LogP contribution >= 0.6 is 0 Å². The Morgan fingerprint density at radius 3 is 2.32 bits per heavy atom. The highest BCUT2D eigenvalue weighted by atomic mass is 16.5. The summed E-state index contributed by atoms with van der Waals surface area (Å²) in [5.74, 6) is -1.30. The number of hydrogen-bond donors (Lipinski definition) is 3. The summed E-state index contributed by atoms with van der Waals surface area (Å²) in [5.41, 5.74) is 1.06. The maximum Gasteiger partial charge on any atom is 0.309 e. The molecule has 3 N–H and O–H groups in total. The van der Waals surface area contributed by atoms with Crippen molar-refractivity contribution in [1.82, 2.24) is 10.6 Å². The van der Waals surface area contributed by atoms with E-state index in [1.807, 2.05) is 30.3 Å². The van der Waals surface area contributed by atoms with Gasteiger partial charge >= 0.3 is 5.97 Å². The second kappa shape index (κ2) is 17.6. The average Bonchev–Trinajstić information content (AvgIpc) is 2.92. The van der Waals surface area contributed by atoms with Crippen LogP contribution in [0.25, 0.3) is 0 Å². The molecule has 38 heavy (non-hydrogen) atoms. The predicted octanol–water partition coefficient (Wildman–Crippen LogP) is 4.50. The minimum absolute atomic E-state index is 0.00336. The Hall–Kier alpha value is -2.93. The SMILES string of the molecule is C=CC[C@H](CC(=O)N[C@H](C)CO)C(=O)N[C@H](COC(=O)[C@H](CC=C)Cc1ccccc1)CC1CCCCC1. The summed E-state index contributed by atoms with van der Waals surface area (Å²) in [5, 5.41) is 15.0. The van der Waals surface area contributed by atoms with Crippen LogP contribution in [0, 0.1) is 17.8 Å². The van der Waals surface area contributed by atoms with Crippen molar-refractivity contribution in [2.24, 2.45) is 17.8 Å². The summed E-state index contributed by atoms with van der Waals surface area (Å²) < 4.78 is 5.79. The van der Waals surface area contributed by atoms with E-state index in [0.29, 0.717) is 25.2 Å². The van der Waals surface area contributed by atoms with Crippen molar-refractivity contribution in [2.75, 3.05) is 13.2 Å². The normalized spacial score (nSPS) is 16.9. The summed E-state index contributed by atoms with van der Waals surface area (Å²) in [4.78, 5) is 38.7. The van der Waals surface area contributed by atoms with E-state index < -0.39 is 5.92 Å². The fourth-order valence-electron chi connectivity index (χ4n) is 5.06. The minimum Gasteiger partial charge on any atom is -0.463 e. The number of amides is 2. The number of aliphatic hydroxyl groups excluding tert-OH is 1. The van der Waals surface area contributed by atoms with Gasteiger partial charge in [-0.1, -0.05) is 74.6 Å². The quantitative estimate of drug-likeness (QED) is 0.205. The number of aliphatic hydroxyl groups is 1. The van der Waals surface area contributed by atoms with E-state index in [2.05, 4.69) is 23.8 Å². The first-order valence-corrected chi connectivity index (χ1v) is 14.0. The van der Waals surface area contributed by atoms with Crippen molar-refractivity contribution in [3.05, 3.63) is 61.2 Å². The molecule has 7 nitrogen and oxygen atoms in total. The molecule has 1 saturated carbocycles. The molecular formula is C31H46N2O5. The molecule has 0 aromatic heterocycles. The number of nitrogens with one attached hydrogen (secondary N) is 2. The standard InChI is InChI=1S/C31H46N2O5/c1-4-12-26(20-29(35)32-23(3)21-34)30(36)33-28(19-25-16-10-7-11-17-25)22-38-31(37)27(13-5-2)18-24-14-8-6-9-15-24/h4-6,8-9,14-15,23,25-28,34H,1-2,7,10-13,16-22H2,3H3,(H,32,35)(H,33,36)/t23-,26-,27-,28+/m1/s1.